The summed E-state index contributed by atoms with van der Waals surface area (Å²) in [4.78, 5) is 0. The molecular formula is C14H20N4O4. The van der Waals surface area contributed by atoms with Gasteiger partial charge in [-0.1, -0.05) is 5.21 Å². The van der Waals surface area contributed by atoms with Crippen molar-refractivity contribution in [1.82, 2.24) is 15.0 Å². The van der Waals surface area contributed by atoms with Crippen molar-refractivity contribution in [2.24, 2.45) is 5.73 Å². The number of hydrogen-bond acceptors (Lipinski definition) is 7. The van der Waals surface area contributed by atoms with Gasteiger partial charge in [0.05, 0.1) is 40.2 Å². The van der Waals surface area contributed by atoms with Crippen molar-refractivity contribution in [3.8, 4) is 28.5 Å². The second kappa shape index (κ2) is 7.10. The van der Waals surface area contributed by atoms with Crippen LogP contribution < -0.4 is 19.9 Å². The molecule has 120 valence electrons. The molecule has 0 fully saturated rings. The first kappa shape index (κ1) is 16.1. The zero-order valence-corrected chi connectivity index (χ0v) is 12.9. The predicted molar refractivity (Wildman–Crippen MR) is 80.1 cm³/mol. The first-order chi connectivity index (χ1) is 10.7. The molecular weight excluding hydrogens is 288 g/mol. The molecule has 1 aromatic carbocycles. The Morgan fingerprint density at radius 1 is 1.14 bits per heavy atom. The Morgan fingerprint density at radius 2 is 1.77 bits per heavy atom. The minimum atomic E-state index is -0.0508. The van der Waals surface area contributed by atoms with Crippen LogP contribution in [0.3, 0.4) is 0 Å². The van der Waals surface area contributed by atoms with Gasteiger partial charge in [0.25, 0.3) is 0 Å². The summed E-state index contributed by atoms with van der Waals surface area (Å²) in [5, 5.41) is 17.2. The maximum atomic E-state index is 9.17. The SMILES string of the molecule is COc1cc(-c2c(CN)nnn2CCO)cc(OC)c1OC. The molecule has 8 nitrogen and oxygen atoms in total. The lowest BCUT2D eigenvalue weighted by Crippen LogP contribution is -2.07. The zero-order chi connectivity index (χ0) is 16.1. The Bertz CT molecular complexity index is 617. The minimum Gasteiger partial charge on any atom is -0.493 e. The summed E-state index contributed by atoms with van der Waals surface area (Å²) in [6, 6.07) is 3.60. The fourth-order valence-corrected chi connectivity index (χ4v) is 2.27. The number of aromatic nitrogens is 3. The van der Waals surface area contributed by atoms with Gasteiger partial charge in [0.2, 0.25) is 5.75 Å². The van der Waals surface area contributed by atoms with Crippen LogP contribution in [0, 0.1) is 0 Å². The molecule has 0 saturated heterocycles. The molecule has 2 rings (SSSR count). The van der Waals surface area contributed by atoms with E-state index in [1.807, 2.05) is 0 Å². The quantitative estimate of drug-likeness (QED) is 0.764. The summed E-state index contributed by atoms with van der Waals surface area (Å²) in [5.74, 6) is 1.55. The monoisotopic (exact) mass is 308 g/mol. The van der Waals surface area contributed by atoms with Crippen LogP contribution >= 0.6 is 0 Å². The van der Waals surface area contributed by atoms with E-state index in [-0.39, 0.29) is 13.2 Å². The van der Waals surface area contributed by atoms with E-state index in [1.165, 1.54) is 0 Å². The van der Waals surface area contributed by atoms with Gasteiger partial charge in [-0.25, -0.2) is 4.68 Å². The predicted octanol–water partition coefficient (Wildman–Crippen LogP) is 0.422. The molecule has 0 radical (unpaired) electrons. The van der Waals surface area contributed by atoms with Crippen LogP contribution in [-0.2, 0) is 13.1 Å². The van der Waals surface area contributed by atoms with Gasteiger partial charge in [0.15, 0.2) is 11.5 Å². The third kappa shape index (κ3) is 2.83. The molecule has 0 amide bonds. The number of ether oxygens (including phenoxy) is 3. The van der Waals surface area contributed by atoms with Gasteiger partial charge in [0, 0.05) is 12.1 Å². The van der Waals surface area contributed by atoms with Crippen molar-refractivity contribution in [3.05, 3.63) is 17.8 Å². The molecule has 0 aliphatic heterocycles. The number of hydrogen-bond donors (Lipinski definition) is 2. The second-order valence-corrected chi connectivity index (χ2v) is 4.45. The van der Waals surface area contributed by atoms with Gasteiger partial charge in [-0.15, -0.1) is 5.10 Å². The van der Waals surface area contributed by atoms with Crippen LogP contribution in [0.2, 0.25) is 0 Å². The molecule has 0 saturated carbocycles. The summed E-state index contributed by atoms with van der Waals surface area (Å²) in [7, 11) is 4.64. The number of nitrogens with two attached hydrogens (primary N) is 1. The minimum absolute atomic E-state index is 0.0508. The highest BCUT2D eigenvalue weighted by Crippen LogP contribution is 2.41. The van der Waals surface area contributed by atoms with Crippen molar-refractivity contribution in [2.75, 3.05) is 27.9 Å². The molecule has 0 unspecified atom stereocenters. The van der Waals surface area contributed by atoms with Gasteiger partial charge in [0.1, 0.15) is 5.69 Å². The summed E-state index contributed by atoms with van der Waals surface area (Å²) in [6.45, 7) is 0.501. The highest BCUT2D eigenvalue weighted by Gasteiger charge is 2.19. The largest absolute Gasteiger partial charge is 0.493 e. The maximum Gasteiger partial charge on any atom is 0.203 e. The molecule has 1 aromatic heterocycles. The first-order valence-electron chi connectivity index (χ1n) is 6.73. The highest BCUT2D eigenvalue weighted by molar-refractivity contribution is 5.70. The maximum absolute atomic E-state index is 9.17. The molecule has 0 spiro atoms. The van der Waals surface area contributed by atoms with Crippen molar-refractivity contribution < 1.29 is 19.3 Å². The molecule has 22 heavy (non-hydrogen) atoms. The van der Waals surface area contributed by atoms with E-state index in [1.54, 1.807) is 38.1 Å². The third-order valence-electron chi connectivity index (χ3n) is 3.25. The van der Waals surface area contributed by atoms with E-state index in [4.69, 9.17) is 25.1 Å². The van der Waals surface area contributed by atoms with Crippen LogP contribution in [0.4, 0.5) is 0 Å². The lowest BCUT2D eigenvalue weighted by molar-refractivity contribution is 0.269. The Kier molecular flexibility index (Phi) is 5.18. The number of rotatable bonds is 7. The molecule has 1 heterocycles. The van der Waals surface area contributed by atoms with Crippen LogP contribution in [0.25, 0.3) is 11.3 Å². The average molecular weight is 308 g/mol. The Labute approximate surface area is 128 Å². The van der Waals surface area contributed by atoms with E-state index in [0.29, 0.717) is 29.5 Å². The van der Waals surface area contributed by atoms with E-state index in [9.17, 15) is 0 Å². The van der Waals surface area contributed by atoms with Gasteiger partial charge in [-0.2, -0.15) is 0 Å². The molecule has 0 atom stereocenters. The normalized spacial score (nSPS) is 10.6. The third-order valence-corrected chi connectivity index (χ3v) is 3.25. The van der Waals surface area contributed by atoms with Gasteiger partial charge in [-0.3, -0.25) is 0 Å². The fraction of sp³-hybridized carbons (Fsp3) is 0.429. The van der Waals surface area contributed by atoms with Gasteiger partial charge >= 0.3 is 0 Å². The second-order valence-electron chi connectivity index (χ2n) is 4.45. The zero-order valence-electron chi connectivity index (χ0n) is 12.9. The molecule has 8 heteroatoms. The Balaban J connectivity index is 2.64. The molecule has 2 aromatic rings. The summed E-state index contributed by atoms with van der Waals surface area (Å²) >= 11 is 0. The fourth-order valence-electron chi connectivity index (χ4n) is 2.27. The summed E-state index contributed by atoms with van der Waals surface area (Å²) in [5.41, 5.74) is 7.85. The number of nitrogens with zero attached hydrogens (tertiary/aromatic N) is 3. The number of methoxy groups -OCH3 is 3. The van der Waals surface area contributed by atoms with Crippen LogP contribution in [-0.4, -0.2) is 48.0 Å². The number of aliphatic hydroxyl groups excluding tert-OH is 1. The highest BCUT2D eigenvalue weighted by atomic mass is 16.5. The topological polar surface area (TPSA) is 105 Å². The van der Waals surface area contributed by atoms with Crippen molar-refractivity contribution >= 4 is 0 Å². The molecule has 0 bridgehead atoms. The van der Waals surface area contributed by atoms with Crippen LogP contribution in [0.1, 0.15) is 5.69 Å². The van der Waals surface area contributed by atoms with Gasteiger partial charge in [-0.05, 0) is 12.1 Å². The van der Waals surface area contributed by atoms with Crippen molar-refractivity contribution in [1.29, 1.82) is 0 Å². The lowest BCUT2D eigenvalue weighted by Gasteiger charge is -2.15. The van der Waals surface area contributed by atoms with E-state index in [2.05, 4.69) is 10.3 Å². The van der Waals surface area contributed by atoms with Crippen LogP contribution in [0.15, 0.2) is 12.1 Å². The van der Waals surface area contributed by atoms with Crippen molar-refractivity contribution in [3.63, 3.8) is 0 Å². The lowest BCUT2D eigenvalue weighted by atomic mass is 10.1. The Morgan fingerprint density at radius 3 is 2.23 bits per heavy atom. The standard InChI is InChI=1S/C14H20N4O4/c1-20-11-6-9(7-12(21-2)14(11)22-3)13-10(8-15)16-17-18(13)4-5-19/h6-7,19H,4-5,8,15H2,1-3H3. The number of aliphatic hydroxyl groups is 1. The van der Waals surface area contributed by atoms with E-state index in [0.717, 1.165) is 11.3 Å². The first-order valence-corrected chi connectivity index (χ1v) is 6.73. The van der Waals surface area contributed by atoms with Crippen LogP contribution in [0.5, 0.6) is 17.2 Å². The van der Waals surface area contributed by atoms with Gasteiger partial charge < -0.3 is 25.1 Å². The van der Waals surface area contributed by atoms with E-state index >= 15 is 0 Å². The molecule has 0 aliphatic carbocycles. The van der Waals surface area contributed by atoms with Crippen molar-refractivity contribution in [2.45, 2.75) is 13.1 Å². The molecule has 3 N–H and O–H groups in total. The number of benzene rings is 1. The Hall–Kier alpha value is -2.32. The summed E-state index contributed by atoms with van der Waals surface area (Å²) < 4.78 is 17.6. The average Bonchev–Trinajstić information content (AvgIpc) is 2.96. The smallest absolute Gasteiger partial charge is 0.203 e. The molecule has 0 aliphatic rings. The summed E-state index contributed by atoms with van der Waals surface area (Å²) in [6.07, 6.45) is 0. The van der Waals surface area contributed by atoms with E-state index < -0.39 is 0 Å².